The standard InChI is InChI=1S/C18H31N3O.HI/c1-4-6-15-21(3)18(19-5-2)20-14-10-11-16-22-17-12-8-7-9-13-17;/h7-9,12-13H,4-6,10-11,14-16H2,1-3H3,(H,19,20);1H. The third kappa shape index (κ3) is 10.4. The molecule has 0 aliphatic heterocycles. The molecule has 1 rings (SSSR count). The number of benzene rings is 1. The normalized spacial score (nSPS) is 10.8. The van der Waals surface area contributed by atoms with Gasteiger partial charge in [0.1, 0.15) is 5.75 Å². The van der Waals surface area contributed by atoms with E-state index in [1.54, 1.807) is 0 Å². The van der Waals surface area contributed by atoms with E-state index in [2.05, 4.69) is 36.1 Å². The van der Waals surface area contributed by atoms with E-state index >= 15 is 0 Å². The number of aliphatic imine (C=N–C) groups is 1. The molecule has 5 heteroatoms. The number of rotatable bonds is 10. The molecule has 1 aromatic carbocycles. The van der Waals surface area contributed by atoms with Crippen molar-refractivity contribution in [3.8, 4) is 5.75 Å². The second-order valence-corrected chi connectivity index (χ2v) is 5.38. The van der Waals surface area contributed by atoms with E-state index in [1.807, 2.05) is 30.3 Å². The number of halogens is 1. The molecule has 0 bridgehead atoms. The van der Waals surface area contributed by atoms with Crippen molar-refractivity contribution in [2.75, 3.05) is 33.3 Å². The van der Waals surface area contributed by atoms with Crippen LogP contribution in [0.5, 0.6) is 5.75 Å². The van der Waals surface area contributed by atoms with Gasteiger partial charge in [-0.3, -0.25) is 4.99 Å². The predicted molar refractivity (Wildman–Crippen MR) is 110 cm³/mol. The minimum Gasteiger partial charge on any atom is -0.494 e. The fourth-order valence-electron chi connectivity index (χ4n) is 2.08. The van der Waals surface area contributed by atoms with Crippen molar-refractivity contribution in [3.63, 3.8) is 0 Å². The minimum absolute atomic E-state index is 0. The van der Waals surface area contributed by atoms with Gasteiger partial charge in [-0.05, 0) is 38.3 Å². The average Bonchev–Trinajstić information content (AvgIpc) is 2.55. The summed E-state index contributed by atoms with van der Waals surface area (Å²) >= 11 is 0. The molecular weight excluding hydrogens is 401 g/mol. The van der Waals surface area contributed by atoms with Crippen LogP contribution >= 0.6 is 24.0 Å². The molecule has 0 atom stereocenters. The molecule has 0 aliphatic carbocycles. The van der Waals surface area contributed by atoms with Crippen LogP contribution in [0, 0.1) is 0 Å². The number of ether oxygens (including phenoxy) is 1. The Kier molecular flexibility index (Phi) is 14.0. The van der Waals surface area contributed by atoms with Gasteiger partial charge in [0.15, 0.2) is 5.96 Å². The Morgan fingerprint density at radius 3 is 2.52 bits per heavy atom. The molecule has 0 fully saturated rings. The number of hydrogen-bond acceptors (Lipinski definition) is 2. The number of hydrogen-bond donors (Lipinski definition) is 1. The molecule has 0 saturated heterocycles. The highest BCUT2D eigenvalue weighted by Gasteiger charge is 2.03. The van der Waals surface area contributed by atoms with Crippen molar-refractivity contribution in [1.29, 1.82) is 0 Å². The first-order valence-corrected chi connectivity index (χ1v) is 8.45. The molecule has 23 heavy (non-hydrogen) atoms. The zero-order valence-electron chi connectivity index (χ0n) is 14.8. The SMILES string of the molecule is CCCCN(C)C(=NCCCCOc1ccccc1)NCC.I. The Morgan fingerprint density at radius 2 is 1.87 bits per heavy atom. The van der Waals surface area contributed by atoms with Gasteiger partial charge in [0, 0.05) is 26.7 Å². The van der Waals surface area contributed by atoms with Crippen LogP contribution < -0.4 is 10.1 Å². The first kappa shape index (κ1) is 22.0. The highest BCUT2D eigenvalue weighted by Crippen LogP contribution is 2.08. The van der Waals surface area contributed by atoms with Gasteiger partial charge in [0.25, 0.3) is 0 Å². The van der Waals surface area contributed by atoms with Gasteiger partial charge in [-0.2, -0.15) is 0 Å². The molecule has 1 aromatic rings. The van der Waals surface area contributed by atoms with Crippen LogP contribution in [-0.4, -0.2) is 44.1 Å². The van der Waals surface area contributed by atoms with E-state index in [-0.39, 0.29) is 24.0 Å². The smallest absolute Gasteiger partial charge is 0.193 e. The monoisotopic (exact) mass is 433 g/mol. The van der Waals surface area contributed by atoms with Crippen LogP contribution in [-0.2, 0) is 0 Å². The number of para-hydroxylation sites is 1. The summed E-state index contributed by atoms with van der Waals surface area (Å²) in [6.45, 7) is 7.88. The fraction of sp³-hybridized carbons (Fsp3) is 0.611. The van der Waals surface area contributed by atoms with E-state index in [4.69, 9.17) is 4.74 Å². The number of unbranched alkanes of at least 4 members (excludes halogenated alkanes) is 2. The van der Waals surface area contributed by atoms with Crippen molar-refractivity contribution >= 4 is 29.9 Å². The molecule has 0 aliphatic rings. The van der Waals surface area contributed by atoms with Crippen LogP contribution in [0.2, 0.25) is 0 Å². The summed E-state index contributed by atoms with van der Waals surface area (Å²) in [7, 11) is 2.11. The lowest BCUT2D eigenvalue weighted by molar-refractivity contribution is 0.308. The molecule has 4 nitrogen and oxygen atoms in total. The van der Waals surface area contributed by atoms with E-state index in [9.17, 15) is 0 Å². The zero-order chi connectivity index (χ0) is 16.0. The lowest BCUT2D eigenvalue weighted by Gasteiger charge is -2.21. The quantitative estimate of drug-likeness (QED) is 0.261. The topological polar surface area (TPSA) is 36.9 Å². The summed E-state index contributed by atoms with van der Waals surface area (Å²) in [6, 6.07) is 9.97. The molecule has 0 unspecified atom stereocenters. The van der Waals surface area contributed by atoms with Gasteiger partial charge in [-0.1, -0.05) is 31.5 Å². The Labute approximate surface area is 158 Å². The minimum atomic E-state index is 0. The molecule has 1 N–H and O–H groups in total. The molecule has 132 valence electrons. The highest BCUT2D eigenvalue weighted by molar-refractivity contribution is 14.0. The van der Waals surface area contributed by atoms with Gasteiger partial charge in [0.05, 0.1) is 6.61 Å². The third-order valence-corrected chi connectivity index (χ3v) is 3.37. The maximum absolute atomic E-state index is 5.69. The van der Waals surface area contributed by atoms with Crippen LogP contribution in [0.3, 0.4) is 0 Å². The summed E-state index contributed by atoms with van der Waals surface area (Å²) in [5.74, 6) is 1.96. The maximum atomic E-state index is 5.69. The van der Waals surface area contributed by atoms with Gasteiger partial charge >= 0.3 is 0 Å². The van der Waals surface area contributed by atoms with Crippen molar-refractivity contribution in [3.05, 3.63) is 30.3 Å². The van der Waals surface area contributed by atoms with Crippen LogP contribution in [0.1, 0.15) is 39.5 Å². The molecule has 0 radical (unpaired) electrons. The third-order valence-electron chi connectivity index (χ3n) is 3.37. The van der Waals surface area contributed by atoms with E-state index in [0.717, 1.165) is 50.8 Å². The Hall–Kier alpha value is -0.980. The van der Waals surface area contributed by atoms with Gasteiger partial charge in [-0.25, -0.2) is 0 Å². The average molecular weight is 433 g/mol. The number of nitrogens with one attached hydrogen (secondary N) is 1. The zero-order valence-corrected chi connectivity index (χ0v) is 17.1. The molecule has 0 heterocycles. The van der Waals surface area contributed by atoms with Crippen LogP contribution in [0.4, 0.5) is 0 Å². The van der Waals surface area contributed by atoms with Crippen LogP contribution in [0.25, 0.3) is 0 Å². The summed E-state index contributed by atoms with van der Waals surface area (Å²) in [4.78, 5) is 6.90. The first-order valence-electron chi connectivity index (χ1n) is 8.45. The second-order valence-electron chi connectivity index (χ2n) is 5.38. The Balaban J connectivity index is 0.00000484. The lowest BCUT2D eigenvalue weighted by Crippen LogP contribution is -2.39. The predicted octanol–water partition coefficient (Wildman–Crippen LogP) is 4.16. The maximum Gasteiger partial charge on any atom is 0.193 e. The molecule has 0 spiro atoms. The van der Waals surface area contributed by atoms with Gasteiger partial charge in [-0.15, -0.1) is 24.0 Å². The second kappa shape index (κ2) is 14.6. The van der Waals surface area contributed by atoms with E-state index < -0.39 is 0 Å². The first-order chi connectivity index (χ1) is 10.8. The molecular formula is C18H32IN3O. The fourth-order valence-corrected chi connectivity index (χ4v) is 2.08. The number of guanidine groups is 1. The Bertz CT molecular complexity index is 412. The van der Waals surface area contributed by atoms with Gasteiger partial charge < -0.3 is 15.0 Å². The summed E-state index contributed by atoms with van der Waals surface area (Å²) < 4.78 is 5.69. The van der Waals surface area contributed by atoms with Crippen molar-refractivity contribution in [1.82, 2.24) is 10.2 Å². The highest BCUT2D eigenvalue weighted by atomic mass is 127. The largest absolute Gasteiger partial charge is 0.494 e. The van der Waals surface area contributed by atoms with E-state index in [1.165, 1.54) is 12.8 Å². The van der Waals surface area contributed by atoms with E-state index in [0.29, 0.717) is 0 Å². The molecule has 0 amide bonds. The van der Waals surface area contributed by atoms with Crippen molar-refractivity contribution < 1.29 is 4.74 Å². The number of nitrogens with zero attached hydrogens (tertiary/aromatic N) is 2. The summed E-state index contributed by atoms with van der Waals surface area (Å²) in [6.07, 6.45) is 4.48. The Morgan fingerprint density at radius 1 is 1.13 bits per heavy atom. The van der Waals surface area contributed by atoms with Crippen molar-refractivity contribution in [2.45, 2.75) is 39.5 Å². The summed E-state index contributed by atoms with van der Waals surface area (Å²) in [5, 5.41) is 3.35. The van der Waals surface area contributed by atoms with Crippen molar-refractivity contribution in [2.24, 2.45) is 4.99 Å². The summed E-state index contributed by atoms with van der Waals surface area (Å²) in [5.41, 5.74) is 0. The van der Waals surface area contributed by atoms with Gasteiger partial charge in [0.2, 0.25) is 0 Å². The lowest BCUT2D eigenvalue weighted by atomic mass is 10.3. The molecule has 0 saturated carbocycles. The molecule has 0 aromatic heterocycles. The van der Waals surface area contributed by atoms with Crippen LogP contribution in [0.15, 0.2) is 35.3 Å².